The molecule has 0 aromatic carbocycles. The number of hydrogen-bond donors (Lipinski definition) is 1. The summed E-state index contributed by atoms with van der Waals surface area (Å²) in [7, 11) is 2.17. The van der Waals surface area contributed by atoms with Gasteiger partial charge in [-0.05, 0) is 39.2 Å². The molecule has 1 unspecified atom stereocenters. The molecular formula is C13H27NO. The average molecular weight is 213 g/mol. The van der Waals surface area contributed by atoms with E-state index >= 15 is 0 Å². The predicted molar refractivity (Wildman–Crippen MR) is 64.9 cm³/mol. The molecule has 1 rings (SSSR count). The van der Waals surface area contributed by atoms with E-state index in [9.17, 15) is 5.11 Å². The summed E-state index contributed by atoms with van der Waals surface area (Å²) in [6.45, 7) is 6.81. The van der Waals surface area contributed by atoms with Crippen LogP contribution in [0, 0.1) is 5.92 Å². The van der Waals surface area contributed by atoms with Crippen LogP contribution in [0.2, 0.25) is 0 Å². The number of likely N-dealkylation sites (N-methyl/N-ethyl adjacent to an activating group) is 1. The van der Waals surface area contributed by atoms with Crippen molar-refractivity contribution in [3.63, 3.8) is 0 Å². The van der Waals surface area contributed by atoms with Crippen molar-refractivity contribution in [2.75, 3.05) is 7.05 Å². The minimum atomic E-state index is -0.0987. The predicted octanol–water partition coefficient (Wildman–Crippen LogP) is 2.66. The molecule has 0 aromatic rings. The van der Waals surface area contributed by atoms with Gasteiger partial charge in [0.25, 0.3) is 0 Å². The topological polar surface area (TPSA) is 23.5 Å². The lowest BCUT2D eigenvalue weighted by Crippen LogP contribution is -2.47. The van der Waals surface area contributed by atoms with E-state index in [0.717, 1.165) is 12.3 Å². The van der Waals surface area contributed by atoms with Crippen molar-refractivity contribution in [3.05, 3.63) is 0 Å². The van der Waals surface area contributed by atoms with E-state index < -0.39 is 0 Å². The molecule has 15 heavy (non-hydrogen) atoms. The van der Waals surface area contributed by atoms with Crippen molar-refractivity contribution in [2.24, 2.45) is 5.92 Å². The molecular weight excluding hydrogens is 186 g/mol. The molecule has 2 nitrogen and oxygen atoms in total. The highest BCUT2D eigenvalue weighted by Gasteiger charge is 2.28. The van der Waals surface area contributed by atoms with Gasteiger partial charge in [0.1, 0.15) is 0 Å². The Morgan fingerprint density at radius 3 is 2.33 bits per heavy atom. The lowest BCUT2D eigenvalue weighted by atomic mass is 9.90. The molecule has 90 valence electrons. The first kappa shape index (κ1) is 13.0. The van der Waals surface area contributed by atoms with Gasteiger partial charge in [-0.3, -0.25) is 4.90 Å². The smallest absolute Gasteiger partial charge is 0.0695 e. The van der Waals surface area contributed by atoms with E-state index in [1.807, 2.05) is 0 Å². The fraction of sp³-hybridized carbons (Fsp3) is 1.00. The SMILES string of the molecule is CC(C)CC(C)N(C)[C@H]1CCCC[C@@H]1O. The number of rotatable bonds is 4. The van der Waals surface area contributed by atoms with E-state index in [-0.39, 0.29) is 6.10 Å². The van der Waals surface area contributed by atoms with Gasteiger partial charge < -0.3 is 5.11 Å². The fourth-order valence-corrected chi connectivity index (χ4v) is 2.74. The summed E-state index contributed by atoms with van der Waals surface area (Å²) < 4.78 is 0. The van der Waals surface area contributed by atoms with Crippen LogP contribution in [0.5, 0.6) is 0 Å². The Labute approximate surface area is 94.7 Å². The molecule has 0 saturated heterocycles. The Bertz CT molecular complexity index is 181. The van der Waals surface area contributed by atoms with Gasteiger partial charge in [0, 0.05) is 12.1 Å². The minimum absolute atomic E-state index is 0.0987. The monoisotopic (exact) mass is 213 g/mol. The van der Waals surface area contributed by atoms with Crippen molar-refractivity contribution >= 4 is 0 Å². The van der Waals surface area contributed by atoms with Gasteiger partial charge in [0.15, 0.2) is 0 Å². The van der Waals surface area contributed by atoms with Crippen LogP contribution < -0.4 is 0 Å². The molecule has 0 aliphatic heterocycles. The quantitative estimate of drug-likeness (QED) is 0.776. The third-order valence-corrected chi connectivity index (χ3v) is 3.72. The molecule has 3 atom stereocenters. The highest BCUT2D eigenvalue weighted by Crippen LogP contribution is 2.25. The van der Waals surface area contributed by atoms with Gasteiger partial charge in [0.05, 0.1) is 6.10 Å². The van der Waals surface area contributed by atoms with Crippen LogP contribution in [0.4, 0.5) is 0 Å². The second-order valence-corrected chi connectivity index (χ2v) is 5.56. The average Bonchev–Trinajstić information content (AvgIpc) is 2.16. The van der Waals surface area contributed by atoms with Gasteiger partial charge >= 0.3 is 0 Å². The molecule has 2 heteroatoms. The van der Waals surface area contributed by atoms with Crippen LogP contribution in [0.1, 0.15) is 52.9 Å². The second kappa shape index (κ2) is 5.86. The Hall–Kier alpha value is -0.0800. The molecule has 0 spiro atoms. The summed E-state index contributed by atoms with van der Waals surface area (Å²) >= 11 is 0. The first-order valence-corrected chi connectivity index (χ1v) is 6.42. The van der Waals surface area contributed by atoms with Crippen molar-refractivity contribution < 1.29 is 5.11 Å². The molecule has 0 radical (unpaired) electrons. The molecule has 0 bridgehead atoms. The van der Waals surface area contributed by atoms with Gasteiger partial charge in [-0.2, -0.15) is 0 Å². The number of nitrogens with zero attached hydrogens (tertiary/aromatic N) is 1. The van der Waals surface area contributed by atoms with Crippen molar-refractivity contribution in [2.45, 2.75) is 71.1 Å². The van der Waals surface area contributed by atoms with Crippen LogP contribution in [-0.4, -0.2) is 35.2 Å². The lowest BCUT2D eigenvalue weighted by Gasteiger charge is -2.39. The highest BCUT2D eigenvalue weighted by molar-refractivity contribution is 4.84. The zero-order valence-electron chi connectivity index (χ0n) is 10.7. The zero-order valence-corrected chi connectivity index (χ0v) is 10.7. The van der Waals surface area contributed by atoms with Crippen LogP contribution >= 0.6 is 0 Å². The van der Waals surface area contributed by atoms with Crippen LogP contribution in [0.15, 0.2) is 0 Å². The first-order valence-electron chi connectivity index (χ1n) is 6.42. The standard InChI is InChI=1S/C13H27NO/c1-10(2)9-11(3)14(4)12-7-5-6-8-13(12)15/h10-13,15H,5-9H2,1-4H3/t11?,12-,13-/m0/s1. The third-order valence-electron chi connectivity index (χ3n) is 3.72. The van der Waals surface area contributed by atoms with Gasteiger partial charge in [-0.25, -0.2) is 0 Å². The normalized spacial score (nSPS) is 29.8. The number of aliphatic hydroxyl groups is 1. The Morgan fingerprint density at radius 2 is 1.80 bits per heavy atom. The summed E-state index contributed by atoms with van der Waals surface area (Å²) in [6, 6.07) is 0.982. The fourth-order valence-electron chi connectivity index (χ4n) is 2.74. The molecule has 0 heterocycles. The minimum Gasteiger partial charge on any atom is -0.391 e. The molecule has 0 aromatic heterocycles. The van der Waals surface area contributed by atoms with E-state index in [2.05, 4.69) is 32.7 Å². The molecule has 1 saturated carbocycles. The maximum absolute atomic E-state index is 9.98. The summed E-state index contributed by atoms with van der Waals surface area (Å²) in [5, 5.41) is 9.98. The number of hydrogen-bond acceptors (Lipinski definition) is 2. The molecule has 1 aliphatic rings. The van der Waals surface area contributed by atoms with Gasteiger partial charge in [-0.15, -0.1) is 0 Å². The lowest BCUT2D eigenvalue weighted by molar-refractivity contribution is 0.0123. The Morgan fingerprint density at radius 1 is 1.20 bits per heavy atom. The second-order valence-electron chi connectivity index (χ2n) is 5.56. The molecule has 1 N–H and O–H groups in total. The maximum Gasteiger partial charge on any atom is 0.0695 e. The van der Waals surface area contributed by atoms with Crippen LogP contribution in [0.25, 0.3) is 0 Å². The molecule has 1 aliphatic carbocycles. The van der Waals surface area contributed by atoms with Crippen molar-refractivity contribution in [3.8, 4) is 0 Å². The summed E-state index contributed by atoms with van der Waals surface area (Å²) in [5.74, 6) is 0.739. The van der Waals surface area contributed by atoms with E-state index in [0.29, 0.717) is 12.1 Å². The van der Waals surface area contributed by atoms with E-state index in [1.54, 1.807) is 0 Å². The third kappa shape index (κ3) is 3.76. The van der Waals surface area contributed by atoms with Crippen molar-refractivity contribution in [1.82, 2.24) is 4.90 Å². The van der Waals surface area contributed by atoms with Crippen LogP contribution in [-0.2, 0) is 0 Å². The van der Waals surface area contributed by atoms with Crippen molar-refractivity contribution in [1.29, 1.82) is 0 Å². The largest absolute Gasteiger partial charge is 0.391 e. The van der Waals surface area contributed by atoms with Gasteiger partial charge in [-0.1, -0.05) is 26.7 Å². The van der Waals surface area contributed by atoms with E-state index in [1.165, 1.54) is 25.7 Å². The zero-order chi connectivity index (χ0) is 11.4. The number of aliphatic hydroxyl groups excluding tert-OH is 1. The summed E-state index contributed by atoms with van der Waals surface area (Å²) in [4.78, 5) is 2.39. The van der Waals surface area contributed by atoms with Gasteiger partial charge in [0.2, 0.25) is 0 Å². The van der Waals surface area contributed by atoms with E-state index in [4.69, 9.17) is 0 Å². The molecule has 1 fully saturated rings. The molecule has 0 amide bonds. The maximum atomic E-state index is 9.98. The summed E-state index contributed by atoms with van der Waals surface area (Å²) in [6.07, 6.45) is 5.76. The summed E-state index contributed by atoms with van der Waals surface area (Å²) in [5.41, 5.74) is 0. The Kier molecular flexibility index (Phi) is 5.07. The highest BCUT2D eigenvalue weighted by atomic mass is 16.3. The first-order chi connectivity index (χ1) is 7.02. The van der Waals surface area contributed by atoms with Crippen LogP contribution in [0.3, 0.4) is 0 Å². The Balaban J connectivity index is 2.46.